The molecule has 0 aliphatic heterocycles. The second-order valence-electron chi connectivity index (χ2n) is 5.29. The molecule has 3 atom stereocenters. The molecule has 86 valence electrons. The van der Waals surface area contributed by atoms with Crippen molar-refractivity contribution in [1.29, 1.82) is 0 Å². The van der Waals surface area contributed by atoms with Crippen molar-refractivity contribution in [3.63, 3.8) is 0 Å². The van der Waals surface area contributed by atoms with Gasteiger partial charge < -0.3 is 0 Å². The first-order valence-corrected chi connectivity index (χ1v) is 6.02. The molecule has 0 radical (unpaired) electrons. The Hall–Kier alpha value is -0.660. The van der Waals surface area contributed by atoms with Crippen LogP contribution in [-0.2, 0) is 9.59 Å². The predicted molar refractivity (Wildman–Crippen MR) is 60.6 cm³/mol. The Bertz CT molecular complexity index is 233. The van der Waals surface area contributed by atoms with Gasteiger partial charge in [0.2, 0.25) is 0 Å². The van der Waals surface area contributed by atoms with Gasteiger partial charge in [0.05, 0.1) is 0 Å². The number of ketones is 2. The van der Waals surface area contributed by atoms with Crippen LogP contribution in [0.5, 0.6) is 0 Å². The lowest BCUT2D eigenvalue weighted by molar-refractivity contribution is -0.118. The van der Waals surface area contributed by atoms with E-state index in [-0.39, 0.29) is 0 Å². The fourth-order valence-corrected chi connectivity index (χ4v) is 2.20. The van der Waals surface area contributed by atoms with E-state index in [2.05, 4.69) is 20.8 Å². The number of carbonyl (C=O) groups is 2. The van der Waals surface area contributed by atoms with Crippen LogP contribution in [0.25, 0.3) is 0 Å². The van der Waals surface area contributed by atoms with Crippen LogP contribution in [0, 0.1) is 17.8 Å². The zero-order valence-electron chi connectivity index (χ0n) is 10.1. The van der Waals surface area contributed by atoms with Gasteiger partial charge in [0.25, 0.3) is 0 Å². The molecule has 0 amide bonds. The Kier molecular flexibility index (Phi) is 4.49. The van der Waals surface area contributed by atoms with E-state index >= 15 is 0 Å². The van der Waals surface area contributed by atoms with Gasteiger partial charge in [0.1, 0.15) is 11.6 Å². The van der Waals surface area contributed by atoms with Crippen LogP contribution in [0.4, 0.5) is 0 Å². The molecule has 2 saturated carbocycles. The van der Waals surface area contributed by atoms with Crippen molar-refractivity contribution in [1.82, 2.24) is 0 Å². The summed E-state index contributed by atoms with van der Waals surface area (Å²) >= 11 is 0. The Labute approximate surface area is 92.4 Å². The number of Topliss-reactive ketones (excluding diaryl/α,β-unsaturated/α-hetero) is 2. The number of hydrogen-bond donors (Lipinski definition) is 0. The third kappa shape index (κ3) is 4.15. The van der Waals surface area contributed by atoms with Gasteiger partial charge in [-0.25, -0.2) is 0 Å². The monoisotopic (exact) mass is 210 g/mol. The smallest absolute Gasteiger partial charge is 0.133 e. The van der Waals surface area contributed by atoms with E-state index in [1.807, 2.05) is 0 Å². The first kappa shape index (κ1) is 12.4. The third-order valence-electron chi connectivity index (χ3n) is 3.56. The molecule has 2 heteroatoms. The molecule has 0 aromatic carbocycles. The Morgan fingerprint density at radius 2 is 1.40 bits per heavy atom. The van der Waals surface area contributed by atoms with Crippen molar-refractivity contribution >= 4 is 11.6 Å². The minimum absolute atomic E-state index is 0.449. The highest BCUT2D eigenvalue weighted by Gasteiger charge is 2.25. The van der Waals surface area contributed by atoms with E-state index in [1.54, 1.807) is 0 Å². The lowest BCUT2D eigenvalue weighted by atomic mass is 10.0. The molecule has 2 aliphatic carbocycles. The Balaban J connectivity index is 0.000000151. The SMILES string of the molecule is C[C@@H]1CCC(=O)C1.C[C@H]1CC(=O)C[C@@H]1C. The van der Waals surface area contributed by atoms with Crippen LogP contribution in [0.1, 0.15) is 52.9 Å². The Morgan fingerprint density at radius 1 is 0.867 bits per heavy atom. The fourth-order valence-electron chi connectivity index (χ4n) is 2.20. The molecule has 0 unspecified atom stereocenters. The van der Waals surface area contributed by atoms with Crippen molar-refractivity contribution in [3.05, 3.63) is 0 Å². The van der Waals surface area contributed by atoms with E-state index < -0.39 is 0 Å². The van der Waals surface area contributed by atoms with Crippen LogP contribution in [0.15, 0.2) is 0 Å². The predicted octanol–water partition coefficient (Wildman–Crippen LogP) is 3.00. The topological polar surface area (TPSA) is 34.1 Å². The molecule has 0 aromatic rings. The fraction of sp³-hybridized carbons (Fsp3) is 0.846. The molecule has 0 bridgehead atoms. The quantitative estimate of drug-likeness (QED) is 0.616. The average Bonchev–Trinajstić information content (AvgIpc) is 2.61. The maximum Gasteiger partial charge on any atom is 0.133 e. The van der Waals surface area contributed by atoms with Crippen LogP contribution in [0.2, 0.25) is 0 Å². The average molecular weight is 210 g/mol. The zero-order valence-corrected chi connectivity index (χ0v) is 10.1. The summed E-state index contributed by atoms with van der Waals surface area (Å²) in [5.74, 6) is 2.86. The summed E-state index contributed by atoms with van der Waals surface area (Å²) in [6.45, 7) is 6.43. The molecule has 15 heavy (non-hydrogen) atoms. The molecule has 0 spiro atoms. The molecule has 0 saturated heterocycles. The van der Waals surface area contributed by atoms with Gasteiger partial charge in [-0.1, -0.05) is 20.8 Å². The number of hydrogen-bond acceptors (Lipinski definition) is 2. The molecule has 0 heterocycles. The highest BCUT2D eigenvalue weighted by molar-refractivity contribution is 5.81. The van der Waals surface area contributed by atoms with Gasteiger partial charge >= 0.3 is 0 Å². The molecular weight excluding hydrogens is 188 g/mol. The lowest BCUT2D eigenvalue weighted by Crippen LogP contribution is -1.95. The van der Waals surface area contributed by atoms with E-state index in [0.29, 0.717) is 29.3 Å². The molecular formula is C13H22O2. The molecule has 2 rings (SSSR count). The zero-order chi connectivity index (χ0) is 11.4. The standard InChI is InChI=1S/C7H12O.C6H10O/c1-5-3-7(8)4-6(5)2;1-5-2-3-6(7)4-5/h5-6H,3-4H2,1-2H3;5H,2-4H2,1H3/t5-,6-;5-/m01/s1. The first-order chi connectivity index (χ1) is 6.99. The second kappa shape index (κ2) is 5.43. The van der Waals surface area contributed by atoms with Gasteiger partial charge in [0, 0.05) is 25.7 Å². The van der Waals surface area contributed by atoms with Gasteiger partial charge in [-0.15, -0.1) is 0 Å². The number of carbonyl (C=O) groups excluding carboxylic acids is 2. The molecule has 2 fully saturated rings. The van der Waals surface area contributed by atoms with Crippen molar-refractivity contribution < 1.29 is 9.59 Å². The Morgan fingerprint density at radius 3 is 1.53 bits per heavy atom. The van der Waals surface area contributed by atoms with Crippen molar-refractivity contribution in [2.24, 2.45) is 17.8 Å². The van der Waals surface area contributed by atoms with Crippen molar-refractivity contribution in [2.45, 2.75) is 52.9 Å². The van der Waals surface area contributed by atoms with Gasteiger partial charge in [-0.3, -0.25) is 9.59 Å². The highest BCUT2D eigenvalue weighted by atomic mass is 16.1. The minimum atomic E-state index is 0.449. The lowest BCUT2D eigenvalue weighted by Gasteiger charge is -2.03. The largest absolute Gasteiger partial charge is 0.300 e. The van der Waals surface area contributed by atoms with Gasteiger partial charge in [0.15, 0.2) is 0 Å². The van der Waals surface area contributed by atoms with Crippen LogP contribution in [-0.4, -0.2) is 11.6 Å². The van der Waals surface area contributed by atoms with Crippen LogP contribution in [0.3, 0.4) is 0 Å². The van der Waals surface area contributed by atoms with Gasteiger partial charge in [-0.05, 0) is 24.2 Å². The molecule has 2 nitrogen and oxygen atoms in total. The van der Waals surface area contributed by atoms with Crippen molar-refractivity contribution in [3.8, 4) is 0 Å². The minimum Gasteiger partial charge on any atom is -0.300 e. The summed E-state index contributed by atoms with van der Waals surface area (Å²) < 4.78 is 0. The normalized spacial score (nSPS) is 35.3. The van der Waals surface area contributed by atoms with Gasteiger partial charge in [-0.2, -0.15) is 0 Å². The summed E-state index contributed by atoms with van der Waals surface area (Å²) in [7, 11) is 0. The molecule has 0 aromatic heterocycles. The third-order valence-corrected chi connectivity index (χ3v) is 3.56. The first-order valence-electron chi connectivity index (χ1n) is 6.02. The van der Waals surface area contributed by atoms with E-state index in [9.17, 15) is 9.59 Å². The maximum atomic E-state index is 10.7. The van der Waals surface area contributed by atoms with Crippen molar-refractivity contribution in [2.75, 3.05) is 0 Å². The second-order valence-corrected chi connectivity index (χ2v) is 5.29. The van der Waals surface area contributed by atoms with Crippen LogP contribution < -0.4 is 0 Å². The molecule has 2 aliphatic rings. The van der Waals surface area contributed by atoms with Crippen LogP contribution >= 0.6 is 0 Å². The summed E-state index contributed by atoms with van der Waals surface area (Å²) in [6.07, 6.45) is 4.43. The summed E-state index contributed by atoms with van der Waals surface area (Å²) in [6, 6.07) is 0. The van der Waals surface area contributed by atoms with E-state index in [0.717, 1.165) is 32.1 Å². The summed E-state index contributed by atoms with van der Waals surface area (Å²) in [5.41, 5.74) is 0. The number of rotatable bonds is 0. The summed E-state index contributed by atoms with van der Waals surface area (Å²) in [5, 5.41) is 0. The summed E-state index contributed by atoms with van der Waals surface area (Å²) in [4.78, 5) is 21.1. The van der Waals surface area contributed by atoms with E-state index in [4.69, 9.17) is 0 Å². The maximum absolute atomic E-state index is 10.7. The molecule has 0 N–H and O–H groups in total. The highest BCUT2D eigenvalue weighted by Crippen LogP contribution is 2.27. The van der Waals surface area contributed by atoms with E-state index in [1.165, 1.54) is 0 Å².